The van der Waals surface area contributed by atoms with Crippen molar-refractivity contribution in [3.63, 3.8) is 0 Å². The lowest BCUT2D eigenvalue weighted by atomic mass is 10.3. The van der Waals surface area contributed by atoms with Crippen LogP contribution in [0.5, 0.6) is 5.75 Å². The molecule has 2 aromatic carbocycles. The number of hydrogen-bond donors (Lipinski definition) is 1. The number of amides is 1. The van der Waals surface area contributed by atoms with E-state index in [0.717, 1.165) is 29.6 Å². The molecule has 1 aromatic heterocycles. The number of hydrogen-bond acceptors (Lipinski definition) is 5. The normalized spacial score (nSPS) is 10.6. The van der Waals surface area contributed by atoms with E-state index in [1.54, 1.807) is 23.8 Å². The first kappa shape index (κ1) is 17.9. The number of aromatic nitrogens is 3. The molecule has 6 nitrogen and oxygen atoms in total. The molecule has 1 amide bonds. The molecule has 26 heavy (non-hydrogen) atoms. The molecule has 0 saturated carbocycles. The fraction of sp³-hybridized carbons (Fsp3) is 0.118. The van der Waals surface area contributed by atoms with Gasteiger partial charge in [-0.3, -0.25) is 9.36 Å². The van der Waals surface area contributed by atoms with Crippen LogP contribution < -0.4 is 10.1 Å². The summed E-state index contributed by atoms with van der Waals surface area (Å²) >= 11 is 1.10. The van der Waals surface area contributed by atoms with Crippen molar-refractivity contribution < 1.29 is 18.3 Å². The summed E-state index contributed by atoms with van der Waals surface area (Å²) in [5.74, 6) is -1.58. The molecule has 0 aliphatic carbocycles. The molecular formula is C17H14F2N4O2S. The third-order valence-electron chi connectivity index (χ3n) is 3.43. The Balaban J connectivity index is 1.67. The molecule has 0 saturated heterocycles. The number of ether oxygens (including phenoxy) is 1. The predicted octanol–water partition coefficient (Wildman–Crippen LogP) is 3.28. The van der Waals surface area contributed by atoms with Gasteiger partial charge in [0.1, 0.15) is 29.4 Å². The highest BCUT2D eigenvalue weighted by Gasteiger charge is 2.14. The van der Waals surface area contributed by atoms with Crippen LogP contribution in [0.2, 0.25) is 0 Å². The number of para-hydroxylation sites is 1. The Morgan fingerprint density at radius 2 is 1.88 bits per heavy atom. The lowest BCUT2D eigenvalue weighted by molar-refractivity contribution is -0.113. The smallest absolute Gasteiger partial charge is 0.235 e. The fourth-order valence-corrected chi connectivity index (χ4v) is 2.89. The standard InChI is InChI=1S/C17H14F2N4O2S/c1-25-12-7-5-11(6-8-12)23-10-20-22-17(23)26-9-15(24)21-16-13(18)3-2-4-14(16)19/h2-8,10H,9H2,1H3,(H,21,24). The summed E-state index contributed by atoms with van der Waals surface area (Å²) in [5, 5.41) is 10.5. The van der Waals surface area contributed by atoms with Gasteiger partial charge >= 0.3 is 0 Å². The molecule has 0 unspecified atom stereocenters. The number of anilines is 1. The Kier molecular flexibility index (Phi) is 5.47. The molecule has 0 fully saturated rings. The van der Waals surface area contributed by atoms with Gasteiger partial charge in [-0.25, -0.2) is 8.78 Å². The van der Waals surface area contributed by atoms with Crippen LogP contribution in [0.4, 0.5) is 14.5 Å². The van der Waals surface area contributed by atoms with Crippen molar-refractivity contribution in [2.45, 2.75) is 5.16 Å². The second-order valence-electron chi connectivity index (χ2n) is 5.12. The second kappa shape index (κ2) is 7.96. The summed E-state index contributed by atoms with van der Waals surface area (Å²) in [5.41, 5.74) is 0.327. The molecule has 0 atom stereocenters. The number of carbonyl (C=O) groups excluding carboxylic acids is 1. The summed E-state index contributed by atoms with van der Waals surface area (Å²) in [6.45, 7) is 0. The number of nitrogens with zero attached hydrogens (tertiary/aromatic N) is 3. The van der Waals surface area contributed by atoms with E-state index in [9.17, 15) is 13.6 Å². The van der Waals surface area contributed by atoms with Crippen molar-refractivity contribution in [1.82, 2.24) is 14.8 Å². The van der Waals surface area contributed by atoms with E-state index in [0.29, 0.717) is 10.9 Å². The molecule has 0 aliphatic heterocycles. The first-order valence-corrected chi connectivity index (χ1v) is 8.48. The molecule has 9 heteroatoms. The summed E-state index contributed by atoms with van der Waals surface area (Å²) in [6.07, 6.45) is 1.51. The number of nitrogens with one attached hydrogen (secondary N) is 1. The number of methoxy groups -OCH3 is 1. The average Bonchev–Trinajstić information content (AvgIpc) is 3.12. The molecular weight excluding hydrogens is 362 g/mol. The van der Waals surface area contributed by atoms with E-state index < -0.39 is 23.2 Å². The molecule has 0 spiro atoms. The van der Waals surface area contributed by atoms with Gasteiger partial charge in [0.25, 0.3) is 0 Å². The van der Waals surface area contributed by atoms with Gasteiger partial charge < -0.3 is 10.1 Å². The molecule has 134 valence electrons. The van der Waals surface area contributed by atoms with E-state index >= 15 is 0 Å². The number of carbonyl (C=O) groups is 1. The molecule has 1 N–H and O–H groups in total. The molecule has 0 radical (unpaired) electrons. The Morgan fingerprint density at radius 3 is 2.54 bits per heavy atom. The maximum absolute atomic E-state index is 13.6. The third-order valence-corrected chi connectivity index (χ3v) is 4.37. The van der Waals surface area contributed by atoms with Crippen molar-refractivity contribution in [1.29, 1.82) is 0 Å². The maximum Gasteiger partial charge on any atom is 0.235 e. The largest absolute Gasteiger partial charge is 0.497 e. The van der Waals surface area contributed by atoms with Crippen LogP contribution in [-0.2, 0) is 4.79 Å². The van der Waals surface area contributed by atoms with Crippen LogP contribution in [0.3, 0.4) is 0 Å². The van der Waals surface area contributed by atoms with Crippen LogP contribution in [0, 0.1) is 11.6 Å². The van der Waals surface area contributed by atoms with Gasteiger partial charge in [-0.05, 0) is 36.4 Å². The van der Waals surface area contributed by atoms with Crippen LogP contribution in [-0.4, -0.2) is 33.5 Å². The fourth-order valence-electron chi connectivity index (χ4n) is 2.17. The maximum atomic E-state index is 13.6. The Morgan fingerprint density at radius 1 is 1.19 bits per heavy atom. The van der Waals surface area contributed by atoms with Crippen LogP contribution >= 0.6 is 11.8 Å². The van der Waals surface area contributed by atoms with Crippen LogP contribution in [0.25, 0.3) is 5.69 Å². The van der Waals surface area contributed by atoms with Gasteiger partial charge in [0.05, 0.1) is 12.9 Å². The van der Waals surface area contributed by atoms with Crippen molar-refractivity contribution >= 4 is 23.4 Å². The highest BCUT2D eigenvalue weighted by atomic mass is 32.2. The van der Waals surface area contributed by atoms with Crippen LogP contribution in [0.1, 0.15) is 0 Å². The zero-order valence-corrected chi connectivity index (χ0v) is 14.5. The van der Waals surface area contributed by atoms with Gasteiger partial charge in [0.15, 0.2) is 5.16 Å². The number of rotatable bonds is 6. The van der Waals surface area contributed by atoms with Crippen molar-refractivity contribution in [2.75, 3.05) is 18.2 Å². The Labute approximate surface area is 152 Å². The highest BCUT2D eigenvalue weighted by molar-refractivity contribution is 7.99. The minimum absolute atomic E-state index is 0.0807. The number of benzene rings is 2. The minimum Gasteiger partial charge on any atom is -0.497 e. The van der Waals surface area contributed by atoms with Gasteiger partial charge in [-0.15, -0.1) is 10.2 Å². The first-order chi connectivity index (χ1) is 12.6. The molecule has 3 aromatic rings. The van der Waals surface area contributed by atoms with E-state index in [-0.39, 0.29) is 5.75 Å². The predicted molar refractivity (Wildman–Crippen MR) is 93.6 cm³/mol. The highest BCUT2D eigenvalue weighted by Crippen LogP contribution is 2.23. The summed E-state index contributed by atoms with van der Waals surface area (Å²) in [7, 11) is 1.58. The van der Waals surface area contributed by atoms with Gasteiger partial charge in [0, 0.05) is 5.69 Å². The molecule has 3 rings (SSSR count). The SMILES string of the molecule is COc1ccc(-n2cnnc2SCC(=O)Nc2c(F)cccc2F)cc1. The summed E-state index contributed by atoms with van der Waals surface area (Å²) in [4.78, 5) is 12.0. The minimum atomic E-state index is -0.829. The topological polar surface area (TPSA) is 69.0 Å². The number of halogens is 2. The zero-order chi connectivity index (χ0) is 18.5. The van der Waals surface area contributed by atoms with Gasteiger partial charge in [0.2, 0.25) is 5.91 Å². The quantitative estimate of drug-likeness (QED) is 0.669. The Hall–Kier alpha value is -2.94. The monoisotopic (exact) mass is 376 g/mol. The van der Waals surface area contributed by atoms with E-state index in [4.69, 9.17) is 4.74 Å². The molecule has 1 heterocycles. The molecule has 0 bridgehead atoms. The second-order valence-corrected chi connectivity index (χ2v) is 6.06. The lowest BCUT2D eigenvalue weighted by Gasteiger charge is -2.08. The molecule has 0 aliphatic rings. The van der Waals surface area contributed by atoms with Crippen LogP contribution in [0.15, 0.2) is 53.9 Å². The first-order valence-electron chi connectivity index (χ1n) is 7.49. The number of thioether (sulfide) groups is 1. The van der Waals surface area contributed by atoms with Crippen molar-refractivity contribution in [2.24, 2.45) is 0 Å². The third kappa shape index (κ3) is 3.99. The van der Waals surface area contributed by atoms with E-state index in [2.05, 4.69) is 15.5 Å². The lowest BCUT2D eigenvalue weighted by Crippen LogP contribution is -2.16. The van der Waals surface area contributed by atoms with Gasteiger partial charge in [-0.1, -0.05) is 17.8 Å². The van der Waals surface area contributed by atoms with Crippen molar-refractivity contribution in [3.8, 4) is 11.4 Å². The van der Waals surface area contributed by atoms with E-state index in [1.807, 2.05) is 12.1 Å². The Bertz CT molecular complexity index is 895. The zero-order valence-electron chi connectivity index (χ0n) is 13.6. The van der Waals surface area contributed by atoms with Crippen molar-refractivity contribution in [3.05, 3.63) is 60.4 Å². The summed E-state index contributed by atoms with van der Waals surface area (Å²) in [6, 6.07) is 10.6. The average molecular weight is 376 g/mol. The van der Waals surface area contributed by atoms with Gasteiger partial charge in [-0.2, -0.15) is 0 Å². The summed E-state index contributed by atoms with van der Waals surface area (Å²) < 4.78 is 34.0. The van der Waals surface area contributed by atoms with E-state index in [1.165, 1.54) is 12.4 Å².